The van der Waals surface area contributed by atoms with Crippen LogP contribution in [0.5, 0.6) is 0 Å². The zero-order valence-corrected chi connectivity index (χ0v) is 19.3. The van der Waals surface area contributed by atoms with E-state index in [9.17, 15) is 0 Å². The van der Waals surface area contributed by atoms with E-state index < -0.39 is 0 Å². The van der Waals surface area contributed by atoms with Crippen molar-refractivity contribution in [2.24, 2.45) is 4.99 Å². The lowest BCUT2D eigenvalue weighted by molar-refractivity contribution is 0.764. The fourth-order valence-corrected chi connectivity index (χ4v) is 3.86. The van der Waals surface area contributed by atoms with E-state index in [0.717, 1.165) is 27.7 Å². The molecule has 4 rings (SSSR count). The van der Waals surface area contributed by atoms with Crippen molar-refractivity contribution in [3.63, 3.8) is 0 Å². The molecule has 29 heavy (non-hydrogen) atoms. The van der Waals surface area contributed by atoms with Crippen LogP contribution >= 0.6 is 35.3 Å². The lowest BCUT2D eigenvalue weighted by Gasteiger charge is -2.10. The Balaban J connectivity index is 0.00000240. The predicted molar refractivity (Wildman–Crippen MR) is 128 cm³/mol. The van der Waals surface area contributed by atoms with Crippen LogP contribution in [0.25, 0.3) is 16.2 Å². The van der Waals surface area contributed by atoms with Gasteiger partial charge in [0.1, 0.15) is 5.01 Å². The zero-order valence-electron chi connectivity index (χ0n) is 16.2. The van der Waals surface area contributed by atoms with E-state index in [1.165, 1.54) is 4.88 Å². The van der Waals surface area contributed by atoms with Gasteiger partial charge in [-0.15, -0.1) is 45.5 Å². The van der Waals surface area contributed by atoms with Gasteiger partial charge in [-0.3, -0.25) is 9.39 Å². The Morgan fingerprint density at radius 2 is 1.79 bits per heavy atom. The third-order valence-electron chi connectivity index (χ3n) is 4.35. The van der Waals surface area contributed by atoms with Crippen LogP contribution in [0.1, 0.15) is 16.4 Å². The van der Waals surface area contributed by atoms with Crippen molar-refractivity contribution in [2.45, 2.75) is 20.0 Å². The smallest absolute Gasteiger partial charge is 0.191 e. The highest BCUT2D eigenvalue weighted by Gasteiger charge is 2.10. The highest BCUT2D eigenvalue weighted by Crippen LogP contribution is 2.27. The molecule has 4 aromatic rings. The molecule has 0 unspecified atom stereocenters. The highest BCUT2D eigenvalue weighted by atomic mass is 127. The molecular formula is C20H22IN7S. The van der Waals surface area contributed by atoms with Crippen LogP contribution in [0.3, 0.4) is 0 Å². The van der Waals surface area contributed by atoms with Crippen LogP contribution in [0.2, 0.25) is 0 Å². The van der Waals surface area contributed by atoms with Crippen LogP contribution in [-0.2, 0) is 13.1 Å². The average Bonchev–Trinajstić information content (AvgIpc) is 3.32. The quantitative estimate of drug-likeness (QED) is 0.239. The fraction of sp³-hybridized carbons (Fsp3) is 0.200. The molecule has 0 amide bonds. The number of hydrogen-bond acceptors (Lipinski definition) is 5. The monoisotopic (exact) mass is 519 g/mol. The molecule has 0 spiro atoms. The van der Waals surface area contributed by atoms with Gasteiger partial charge < -0.3 is 10.6 Å². The van der Waals surface area contributed by atoms with Crippen molar-refractivity contribution in [1.82, 2.24) is 30.2 Å². The molecular weight excluding hydrogens is 497 g/mol. The molecule has 2 N–H and O–H groups in total. The van der Waals surface area contributed by atoms with Crippen molar-refractivity contribution in [3.05, 3.63) is 71.1 Å². The first-order valence-corrected chi connectivity index (χ1v) is 9.81. The third-order valence-corrected chi connectivity index (χ3v) is 5.56. The molecule has 0 saturated carbocycles. The van der Waals surface area contributed by atoms with E-state index in [-0.39, 0.29) is 24.0 Å². The SMILES string of the molecule is CN=C(NCc1sc(-c2ccccc2)nc1C)NCc1nnc2ccccn12.I. The summed E-state index contributed by atoms with van der Waals surface area (Å²) >= 11 is 1.70. The van der Waals surface area contributed by atoms with E-state index >= 15 is 0 Å². The van der Waals surface area contributed by atoms with Crippen LogP contribution in [0, 0.1) is 6.92 Å². The lowest BCUT2D eigenvalue weighted by Crippen LogP contribution is -2.36. The summed E-state index contributed by atoms with van der Waals surface area (Å²) in [6.45, 7) is 3.23. The number of nitrogens with one attached hydrogen (secondary N) is 2. The maximum atomic E-state index is 4.70. The molecule has 0 aliphatic carbocycles. The standard InChI is InChI=1S/C20H21N7S.HI/c1-14-16(28-19(24-14)15-8-4-3-5-9-15)12-22-20(21-2)23-13-18-26-25-17-10-6-7-11-27(17)18;/h3-11H,12-13H2,1-2H3,(H2,21,22,23);1H. The summed E-state index contributed by atoms with van der Waals surface area (Å²) in [6, 6.07) is 16.1. The number of guanidine groups is 1. The minimum atomic E-state index is 0. The molecule has 1 aromatic carbocycles. The Morgan fingerprint density at radius 3 is 2.59 bits per heavy atom. The second-order valence-corrected chi connectivity index (χ2v) is 7.30. The first-order chi connectivity index (χ1) is 13.7. The number of fused-ring (bicyclic) bond motifs is 1. The Hall–Kier alpha value is -2.53. The van der Waals surface area contributed by atoms with Gasteiger partial charge in [-0.1, -0.05) is 36.4 Å². The Labute approximate surface area is 190 Å². The number of aryl methyl sites for hydroxylation is 1. The topological polar surface area (TPSA) is 79.5 Å². The van der Waals surface area contributed by atoms with Crippen molar-refractivity contribution in [3.8, 4) is 10.6 Å². The number of benzene rings is 1. The molecule has 9 heteroatoms. The molecule has 0 radical (unpaired) electrons. The molecule has 3 aromatic heterocycles. The van der Waals surface area contributed by atoms with Crippen LogP contribution < -0.4 is 10.6 Å². The summed E-state index contributed by atoms with van der Waals surface area (Å²) in [6.07, 6.45) is 1.95. The highest BCUT2D eigenvalue weighted by molar-refractivity contribution is 14.0. The first-order valence-electron chi connectivity index (χ1n) is 8.99. The maximum Gasteiger partial charge on any atom is 0.191 e. The molecule has 0 aliphatic rings. The van der Waals surface area contributed by atoms with Gasteiger partial charge >= 0.3 is 0 Å². The number of pyridine rings is 1. The summed E-state index contributed by atoms with van der Waals surface area (Å²) in [5.41, 5.74) is 3.01. The molecule has 0 aliphatic heterocycles. The summed E-state index contributed by atoms with van der Waals surface area (Å²) in [5.74, 6) is 1.54. The minimum Gasteiger partial charge on any atom is -0.351 e. The van der Waals surface area contributed by atoms with Gasteiger partial charge in [-0.2, -0.15) is 0 Å². The normalized spacial score (nSPS) is 11.3. The van der Waals surface area contributed by atoms with E-state index in [1.54, 1.807) is 18.4 Å². The van der Waals surface area contributed by atoms with Crippen molar-refractivity contribution in [2.75, 3.05) is 7.05 Å². The number of halogens is 1. The molecule has 7 nitrogen and oxygen atoms in total. The van der Waals surface area contributed by atoms with E-state index in [4.69, 9.17) is 4.98 Å². The van der Waals surface area contributed by atoms with Crippen LogP contribution in [0.15, 0.2) is 59.7 Å². The van der Waals surface area contributed by atoms with Crippen molar-refractivity contribution in [1.29, 1.82) is 0 Å². The van der Waals surface area contributed by atoms with E-state index in [0.29, 0.717) is 19.0 Å². The van der Waals surface area contributed by atoms with Gasteiger partial charge in [0.25, 0.3) is 0 Å². The summed E-state index contributed by atoms with van der Waals surface area (Å²) in [5, 5.41) is 16.1. The number of thiazole rings is 1. The molecule has 0 bridgehead atoms. The van der Waals surface area contributed by atoms with Gasteiger partial charge in [0.2, 0.25) is 0 Å². The van der Waals surface area contributed by atoms with Gasteiger partial charge in [0.15, 0.2) is 17.4 Å². The first kappa shape index (κ1) is 21.2. The Morgan fingerprint density at radius 1 is 1.03 bits per heavy atom. The number of aromatic nitrogens is 4. The van der Waals surface area contributed by atoms with Gasteiger partial charge in [-0.05, 0) is 19.1 Å². The van der Waals surface area contributed by atoms with Gasteiger partial charge in [-0.25, -0.2) is 4.98 Å². The summed E-state index contributed by atoms with van der Waals surface area (Å²) < 4.78 is 1.96. The molecule has 0 saturated heterocycles. The second kappa shape index (κ2) is 9.79. The largest absolute Gasteiger partial charge is 0.351 e. The van der Waals surface area contributed by atoms with Gasteiger partial charge in [0.05, 0.1) is 18.8 Å². The summed E-state index contributed by atoms with van der Waals surface area (Å²) in [4.78, 5) is 10.2. The van der Waals surface area contributed by atoms with Crippen molar-refractivity contribution >= 4 is 46.9 Å². The van der Waals surface area contributed by atoms with E-state index in [2.05, 4.69) is 38.0 Å². The Kier molecular flexibility index (Phi) is 7.15. The molecule has 3 heterocycles. The minimum absolute atomic E-state index is 0. The lowest BCUT2D eigenvalue weighted by atomic mass is 10.2. The molecule has 150 valence electrons. The maximum absolute atomic E-state index is 4.70. The van der Waals surface area contributed by atoms with Gasteiger partial charge in [0, 0.05) is 23.7 Å². The summed E-state index contributed by atoms with van der Waals surface area (Å²) in [7, 11) is 1.76. The number of aliphatic imine (C=N–C) groups is 1. The van der Waals surface area contributed by atoms with E-state index in [1.807, 2.05) is 53.9 Å². The number of nitrogens with zero attached hydrogens (tertiary/aromatic N) is 5. The Bertz CT molecular complexity index is 1100. The predicted octanol–water partition coefficient (Wildman–Crippen LogP) is 3.64. The molecule has 0 fully saturated rings. The number of rotatable bonds is 5. The zero-order chi connectivity index (χ0) is 19.3. The fourth-order valence-electron chi connectivity index (χ4n) is 2.86. The van der Waals surface area contributed by atoms with Crippen LogP contribution in [0.4, 0.5) is 0 Å². The van der Waals surface area contributed by atoms with Crippen LogP contribution in [-0.4, -0.2) is 32.6 Å². The number of hydrogen-bond donors (Lipinski definition) is 2. The second-order valence-electron chi connectivity index (χ2n) is 6.22. The van der Waals surface area contributed by atoms with Crippen molar-refractivity contribution < 1.29 is 0 Å². The third kappa shape index (κ3) is 4.91. The average molecular weight is 519 g/mol. The molecule has 0 atom stereocenters.